The topological polar surface area (TPSA) is 59.4 Å². The van der Waals surface area contributed by atoms with Crippen molar-refractivity contribution in [2.45, 2.75) is 12.8 Å². The van der Waals surface area contributed by atoms with Gasteiger partial charge in [0.2, 0.25) is 0 Å². The van der Waals surface area contributed by atoms with Crippen LogP contribution in [0.1, 0.15) is 21.6 Å². The van der Waals surface area contributed by atoms with Gasteiger partial charge in [-0.2, -0.15) is 0 Å². The van der Waals surface area contributed by atoms with Crippen LogP contribution in [-0.4, -0.2) is 22.4 Å². The second kappa shape index (κ2) is 7.86. The van der Waals surface area contributed by atoms with Gasteiger partial charge in [-0.25, -0.2) is 13.6 Å². The number of aromatic nitrogens is 1. The maximum atomic E-state index is 14.6. The van der Waals surface area contributed by atoms with Gasteiger partial charge in [0, 0.05) is 18.2 Å². The molecule has 0 saturated carbocycles. The highest BCUT2D eigenvalue weighted by atomic mass is 19.4. The van der Waals surface area contributed by atoms with Gasteiger partial charge in [-0.05, 0) is 47.5 Å². The molecule has 3 aromatic rings. The van der Waals surface area contributed by atoms with Crippen molar-refractivity contribution in [2.75, 3.05) is 0 Å². The highest BCUT2D eigenvalue weighted by molar-refractivity contribution is 5.88. The van der Waals surface area contributed by atoms with Crippen LogP contribution in [0.15, 0.2) is 54.7 Å². The van der Waals surface area contributed by atoms with E-state index in [2.05, 4.69) is 9.72 Å². The molecule has 0 unspecified atom stereocenters. The lowest BCUT2D eigenvalue weighted by molar-refractivity contribution is -0.274. The first-order chi connectivity index (χ1) is 13.6. The van der Waals surface area contributed by atoms with Gasteiger partial charge in [-0.3, -0.25) is 4.98 Å². The number of hydrogen-bond acceptors (Lipinski definition) is 3. The Morgan fingerprint density at radius 3 is 2.31 bits per heavy atom. The predicted octanol–water partition coefficient (Wildman–Crippen LogP) is 5.21. The van der Waals surface area contributed by atoms with Crippen molar-refractivity contribution in [2.24, 2.45) is 0 Å². The molecule has 0 radical (unpaired) electrons. The fraction of sp³-hybridized carbons (Fsp3) is 0.100. The van der Waals surface area contributed by atoms with Gasteiger partial charge in [0.1, 0.15) is 17.4 Å². The van der Waals surface area contributed by atoms with Crippen molar-refractivity contribution in [1.29, 1.82) is 0 Å². The molecule has 0 bridgehead atoms. The first kappa shape index (κ1) is 20.2. The Bertz CT molecular complexity index is 1040. The minimum Gasteiger partial charge on any atom is -0.478 e. The summed E-state index contributed by atoms with van der Waals surface area (Å²) >= 11 is 0. The summed E-state index contributed by atoms with van der Waals surface area (Å²) in [5.41, 5.74) is -0.507. The average Bonchev–Trinajstić information content (AvgIpc) is 2.63. The number of hydrogen-bond donors (Lipinski definition) is 1. The number of pyridine rings is 1. The second-order valence-electron chi connectivity index (χ2n) is 5.97. The van der Waals surface area contributed by atoms with Gasteiger partial charge in [-0.15, -0.1) is 13.2 Å². The van der Waals surface area contributed by atoms with E-state index in [0.29, 0.717) is 0 Å². The maximum Gasteiger partial charge on any atom is 0.573 e. The number of halogens is 5. The lowest BCUT2D eigenvalue weighted by atomic mass is 9.99. The Kier molecular flexibility index (Phi) is 5.49. The molecule has 0 spiro atoms. The summed E-state index contributed by atoms with van der Waals surface area (Å²) in [4.78, 5) is 15.1. The summed E-state index contributed by atoms with van der Waals surface area (Å²) in [5, 5.41) is 9.16. The second-order valence-corrected chi connectivity index (χ2v) is 5.97. The number of carboxylic acids is 1. The van der Waals surface area contributed by atoms with E-state index in [-0.39, 0.29) is 22.4 Å². The fourth-order valence-electron chi connectivity index (χ4n) is 2.75. The largest absolute Gasteiger partial charge is 0.573 e. The predicted molar refractivity (Wildman–Crippen MR) is 92.5 cm³/mol. The highest BCUT2D eigenvalue weighted by Crippen LogP contribution is 2.30. The molecule has 0 saturated heterocycles. The monoisotopic (exact) mass is 409 g/mol. The Morgan fingerprint density at radius 1 is 1.00 bits per heavy atom. The molecule has 1 aromatic heterocycles. The molecule has 3 rings (SSSR count). The molecule has 4 nitrogen and oxygen atoms in total. The Labute approximate surface area is 161 Å². The third-order valence-electron chi connectivity index (χ3n) is 4.01. The average molecular weight is 409 g/mol. The lowest BCUT2D eigenvalue weighted by Crippen LogP contribution is -2.17. The minimum atomic E-state index is -4.90. The molecule has 1 heterocycles. The molecule has 2 aromatic carbocycles. The summed E-state index contributed by atoms with van der Waals surface area (Å²) in [6.07, 6.45) is -4.00. The van der Waals surface area contributed by atoms with Gasteiger partial charge >= 0.3 is 12.3 Å². The third kappa shape index (κ3) is 4.87. The van der Waals surface area contributed by atoms with Crippen molar-refractivity contribution >= 4 is 5.97 Å². The van der Waals surface area contributed by atoms with Crippen molar-refractivity contribution < 1.29 is 36.6 Å². The molecule has 0 fully saturated rings. The molecule has 0 aliphatic rings. The van der Waals surface area contributed by atoms with Gasteiger partial charge < -0.3 is 9.84 Å². The number of benzene rings is 2. The van der Waals surface area contributed by atoms with E-state index in [1.54, 1.807) is 0 Å². The van der Waals surface area contributed by atoms with Crippen LogP contribution < -0.4 is 4.74 Å². The van der Waals surface area contributed by atoms with Crippen LogP contribution in [0, 0.1) is 11.6 Å². The first-order valence-corrected chi connectivity index (χ1v) is 8.15. The SMILES string of the molecule is O=C(O)c1cccnc1Cc1c(F)cc(-c2cccc(OC(F)(F)F)c2)cc1F. The number of ether oxygens (including phenoxy) is 1. The number of carbonyl (C=O) groups is 1. The molecule has 0 amide bonds. The van der Waals surface area contributed by atoms with Crippen LogP contribution in [-0.2, 0) is 6.42 Å². The summed E-state index contributed by atoms with van der Waals surface area (Å²) in [6.45, 7) is 0. The maximum absolute atomic E-state index is 14.6. The number of alkyl halides is 3. The van der Waals surface area contributed by atoms with Crippen molar-refractivity contribution in [3.05, 3.63) is 83.2 Å². The van der Waals surface area contributed by atoms with E-state index < -0.39 is 41.7 Å². The van der Waals surface area contributed by atoms with Crippen molar-refractivity contribution in [3.63, 3.8) is 0 Å². The Morgan fingerprint density at radius 2 is 1.69 bits per heavy atom. The number of rotatable bonds is 5. The van der Waals surface area contributed by atoms with Crippen LogP contribution in [0.25, 0.3) is 11.1 Å². The molecule has 1 N–H and O–H groups in total. The third-order valence-corrected chi connectivity index (χ3v) is 4.01. The van der Waals surface area contributed by atoms with Gasteiger partial charge in [0.15, 0.2) is 0 Å². The van der Waals surface area contributed by atoms with Crippen LogP contribution in [0.4, 0.5) is 22.0 Å². The summed E-state index contributed by atoms with van der Waals surface area (Å²) < 4.78 is 70.0. The van der Waals surface area contributed by atoms with Gasteiger partial charge in [0.25, 0.3) is 0 Å². The zero-order valence-electron chi connectivity index (χ0n) is 14.5. The summed E-state index contributed by atoms with van der Waals surface area (Å²) in [6, 6.07) is 9.25. The molecule has 9 heteroatoms. The van der Waals surface area contributed by atoms with Crippen molar-refractivity contribution in [3.8, 4) is 16.9 Å². The first-order valence-electron chi connectivity index (χ1n) is 8.15. The van der Waals surface area contributed by atoms with Gasteiger partial charge in [0.05, 0.1) is 11.3 Å². The Balaban J connectivity index is 1.95. The van der Waals surface area contributed by atoms with E-state index in [1.165, 1.54) is 30.5 Å². The summed E-state index contributed by atoms with van der Waals surface area (Å²) in [7, 11) is 0. The van der Waals surface area contributed by atoms with Crippen LogP contribution >= 0.6 is 0 Å². The van der Waals surface area contributed by atoms with Crippen molar-refractivity contribution in [1.82, 2.24) is 4.98 Å². The Hall–Kier alpha value is -3.49. The normalized spacial score (nSPS) is 11.3. The zero-order chi connectivity index (χ0) is 21.2. The lowest BCUT2D eigenvalue weighted by Gasteiger charge is -2.12. The smallest absolute Gasteiger partial charge is 0.478 e. The molecule has 29 heavy (non-hydrogen) atoms. The molecule has 0 atom stereocenters. The molecule has 0 aliphatic heterocycles. The van der Waals surface area contributed by atoms with Gasteiger partial charge in [-0.1, -0.05) is 12.1 Å². The van der Waals surface area contributed by atoms with E-state index in [1.807, 2.05) is 0 Å². The standard InChI is InChI=1S/C20H12F5NO3/c21-16-8-12(11-3-1-4-13(7-11)29-20(23,24)25)9-17(22)15(16)10-18-14(19(27)28)5-2-6-26-18/h1-9H,10H2,(H,27,28). The van der Waals surface area contributed by atoms with Crippen LogP contribution in [0.5, 0.6) is 5.75 Å². The molecule has 150 valence electrons. The van der Waals surface area contributed by atoms with E-state index >= 15 is 0 Å². The molecular weight excluding hydrogens is 397 g/mol. The molecule has 0 aliphatic carbocycles. The van der Waals surface area contributed by atoms with Crippen LogP contribution in [0.2, 0.25) is 0 Å². The highest BCUT2D eigenvalue weighted by Gasteiger charge is 2.31. The van der Waals surface area contributed by atoms with E-state index in [0.717, 1.165) is 24.3 Å². The zero-order valence-corrected chi connectivity index (χ0v) is 14.5. The summed E-state index contributed by atoms with van der Waals surface area (Å²) in [5.74, 6) is -3.78. The van der Waals surface area contributed by atoms with E-state index in [9.17, 15) is 26.7 Å². The molecular formula is C20H12F5NO3. The number of aromatic carboxylic acids is 1. The fourth-order valence-corrected chi connectivity index (χ4v) is 2.75. The minimum absolute atomic E-state index is 0.00384. The number of nitrogens with zero attached hydrogens (tertiary/aromatic N) is 1. The van der Waals surface area contributed by atoms with E-state index in [4.69, 9.17) is 5.11 Å². The quantitative estimate of drug-likeness (QED) is 0.588. The van der Waals surface area contributed by atoms with Crippen LogP contribution in [0.3, 0.4) is 0 Å². The number of carboxylic acid groups (broad SMARTS) is 1.